The van der Waals surface area contributed by atoms with Gasteiger partial charge in [-0.1, -0.05) is 69.3 Å². The summed E-state index contributed by atoms with van der Waals surface area (Å²) in [6.07, 6.45) is 1.12. The van der Waals surface area contributed by atoms with E-state index in [9.17, 15) is 9.59 Å². The number of benzene rings is 2. The smallest absolute Gasteiger partial charge is 0.256 e. The van der Waals surface area contributed by atoms with Crippen LogP contribution < -0.4 is 0 Å². The first kappa shape index (κ1) is 19.2. The number of hydrogen-bond donors (Lipinski definition) is 0. The monoisotopic (exact) mass is 364 g/mol. The lowest BCUT2D eigenvalue weighted by Crippen LogP contribution is -2.50. The highest BCUT2D eigenvalue weighted by molar-refractivity contribution is 5.99. The zero-order valence-corrected chi connectivity index (χ0v) is 16.6. The molecule has 142 valence electrons. The standard InChI is InChI=1S/C23H28N2O2/c1-23(2,3)22-24(4)21(27)19(16-15-17-11-7-5-8-12-17)25(22)20(26)18-13-9-6-10-14-18/h5-14,19,22H,15-16H2,1-4H3. The fourth-order valence-electron chi connectivity index (χ4n) is 4.02. The van der Waals surface area contributed by atoms with Crippen LogP contribution in [0.2, 0.25) is 0 Å². The average Bonchev–Trinajstić information content (AvgIpc) is 2.92. The van der Waals surface area contributed by atoms with Crippen LogP contribution in [0.1, 0.15) is 43.1 Å². The van der Waals surface area contributed by atoms with Crippen molar-refractivity contribution in [1.82, 2.24) is 9.80 Å². The van der Waals surface area contributed by atoms with Gasteiger partial charge >= 0.3 is 0 Å². The van der Waals surface area contributed by atoms with Crippen LogP contribution in [0.5, 0.6) is 0 Å². The zero-order valence-electron chi connectivity index (χ0n) is 16.6. The SMILES string of the molecule is CN1C(=O)C(CCc2ccccc2)N(C(=O)c2ccccc2)C1C(C)(C)C. The molecule has 0 radical (unpaired) electrons. The van der Waals surface area contributed by atoms with Gasteiger partial charge in [0.2, 0.25) is 5.91 Å². The van der Waals surface area contributed by atoms with Gasteiger partial charge in [0.05, 0.1) is 0 Å². The van der Waals surface area contributed by atoms with Crippen LogP contribution in [0.25, 0.3) is 0 Å². The topological polar surface area (TPSA) is 40.6 Å². The number of nitrogens with zero attached hydrogens (tertiary/aromatic N) is 2. The van der Waals surface area contributed by atoms with Gasteiger partial charge in [0.15, 0.2) is 0 Å². The number of amides is 2. The highest BCUT2D eigenvalue weighted by Gasteiger charge is 2.50. The van der Waals surface area contributed by atoms with Gasteiger partial charge in [-0.2, -0.15) is 0 Å². The Morgan fingerprint density at radius 1 is 0.963 bits per heavy atom. The molecule has 0 aromatic heterocycles. The van der Waals surface area contributed by atoms with Gasteiger partial charge in [0, 0.05) is 18.0 Å². The number of aryl methyl sites for hydroxylation is 1. The fourth-order valence-corrected chi connectivity index (χ4v) is 4.02. The highest BCUT2D eigenvalue weighted by Crippen LogP contribution is 2.36. The molecule has 4 heteroatoms. The molecule has 0 bridgehead atoms. The van der Waals surface area contributed by atoms with Crippen molar-refractivity contribution in [2.45, 2.75) is 45.8 Å². The van der Waals surface area contributed by atoms with Crippen LogP contribution in [-0.4, -0.2) is 40.9 Å². The Bertz CT molecular complexity index is 796. The lowest BCUT2D eigenvalue weighted by atomic mass is 9.90. The number of carbonyl (C=O) groups excluding carboxylic acids is 2. The Labute approximate surface area is 161 Å². The molecule has 0 spiro atoms. The zero-order chi connectivity index (χ0) is 19.6. The third-order valence-corrected chi connectivity index (χ3v) is 5.18. The molecule has 0 saturated carbocycles. The number of likely N-dealkylation sites (N-methyl/N-ethyl adjacent to an activating group) is 1. The molecule has 1 heterocycles. The summed E-state index contributed by atoms with van der Waals surface area (Å²) in [5.74, 6) is -0.0542. The summed E-state index contributed by atoms with van der Waals surface area (Å²) in [7, 11) is 1.81. The second-order valence-electron chi connectivity index (χ2n) is 8.31. The molecule has 2 atom stereocenters. The summed E-state index contributed by atoms with van der Waals surface area (Å²) < 4.78 is 0. The minimum atomic E-state index is -0.438. The van der Waals surface area contributed by atoms with Gasteiger partial charge in [0.1, 0.15) is 12.2 Å². The van der Waals surface area contributed by atoms with Crippen LogP contribution >= 0.6 is 0 Å². The van der Waals surface area contributed by atoms with Crippen molar-refractivity contribution in [2.24, 2.45) is 5.41 Å². The summed E-state index contributed by atoms with van der Waals surface area (Å²) >= 11 is 0. The third kappa shape index (κ3) is 3.90. The summed E-state index contributed by atoms with van der Waals surface area (Å²) in [6, 6.07) is 18.9. The van der Waals surface area contributed by atoms with Crippen molar-refractivity contribution >= 4 is 11.8 Å². The van der Waals surface area contributed by atoms with E-state index >= 15 is 0 Å². The second-order valence-corrected chi connectivity index (χ2v) is 8.31. The molecule has 1 aliphatic rings. The molecule has 1 fully saturated rings. The number of rotatable bonds is 4. The lowest BCUT2D eigenvalue weighted by Gasteiger charge is -2.39. The van der Waals surface area contributed by atoms with Gasteiger partial charge in [-0.05, 0) is 30.5 Å². The average molecular weight is 364 g/mol. The minimum absolute atomic E-state index is 0.0233. The maximum atomic E-state index is 13.4. The summed E-state index contributed by atoms with van der Waals surface area (Å²) in [4.78, 5) is 30.0. The first-order chi connectivity index (χ1) is 12.8. The first-order valence-electron chi connectivity index (χ1n) is 9.49. The molecule has 2 aromatic rings. The molecule has 0 N–H and O–H groups in total. The Kier molecular flexibility index (Phi) is 5.36. The molecular weight excluding hydrogens is 336 g/mol. The van der Waals surface area contributed by atoms with Crippen molar-refractivity contribution in [3.8, 4) is 0 Å². The van der Waals surface area contributed by atoms with E-state index in [1.165, 1.54) is 5.56 Å². The van der Waals surface area contributed by atoms with E-state index < -0.39 is 6.04 Å². The second kappa shape index (κ2) is 7.55. The number of hydrogen-bond acceptors (Lipinski definition) is 2. The van der Waals surface area contributed by atoms with E-state index in [0.717, 1.165) is 6.42 Å². The van der Waals surface area contributed by atoms with Crippen LogP contribution in [0.4, 0.5) is 0 Å². The van der Waals surface area contributed by atoms with Gasteiger partial charge in [-0.3, -0.25) is 9.59 Å². The van der Waals surface area contributed by atoms with E-state index in [2.05, 4.69) is 32.9 Å². The molecular formula is C23H28N2O2. The molecule has 2 unspecified atom stereocenters. The molecule has 3 rings (SSSR count). The Morgan fingerprint density at radius 2 is 1.52 bits per heavy atom. The molecule has 2 aromatic carbocycles. The maximum absolute atomic E-state index is 13.4. The van der Waals surface area contributed by atoms with E-state index in [1.807, 2.05) is 55.6 Å². The molecule has 1 aliphatic heterocycles. The van der Waals surface area contributed by atoms with E-state index in [4.69, 9.17) is 0 Å². The van der Waals surface area contributed by atoms with Crippen LogP contribution in [0.15, 0.2) is 60.7 Å². The van der Waals surface area contributed by atoms with Crippen molar-refractivity contribution in [3.05, 3.63) is 71.8 Å². The summed E-state index contributed by atoms with van der Waals surface area (Å²) in [6.45, 7) is 6.23. The van der Waals surface area contributed by atoms with E-state index in [0.29, 0.717) is 12.0 Å². The van der Waals surface area contributed by atoms with Crippen molar-refractivity contribution in [2.75, 3.05) is 7.05 Å². The van der Waals surface area contributed by atoms with E-state index in [1.54, 1.807) is 9.80 Å². The normalized spacial score (nSPS) is 20.2. The van der Waals surface area contributed by atoms with E-state index in [-0.39, 0.29) is 23.4 Å². The van der Waals surface area contributed by atoms with Gasteiger partial charge < -0.3 is 9.80 Å². The predicted octanol–water partition coefficient (Wildman–Crippen LogP) is 3.97. The van der Waals surface area contributed by atoms with Crippen molar-refractivity contribution in [1.29, 1.82) is 0 Å². The largest absolute Gasteiger partial charge is 0.323 e. The Hall–Kier alpha value is -2.62. The maximum Gasteiger partial charge on any atom is 0.256 e. The van der Waals surface area contributed by atoms with Gasteiger partial charge in [-0.25, -0.2) is 0 Å². The lowest BCUT2D eigenvalue weighted by molar-refractivity contribution is -0.129. The fraction of sp³-hybridized carbons (Fsp3) is 0.391. The van der Waals surface area contributed by atoms with Crippen LogP contribution in [-0.2, 0) is 11.2 Å². The van der Waals surface area contributed by atoms with Crippen molar-refractivity contribution < 1.29 is 9.59 Å². The quantitative estimate of drug-likeness (QED) is 0.823. The minimum Gasteiger partial charge on any atom is -0.323 e. The van der Waals surface area contributed by atoms with Crippen molar-refractivity contribution in [3.63, 3.8) is 0 Å². The molecule has 4 nitrogen and oxygen atoms in total. The molecule has 2 amide bonds. The third-order valence-electron chi connectivity index (χ3n) is 5.18. The van der Waals surface area contributed by atoms with Gasteiger partial charge in [-0.15, -0.1) is 0 Å². The molecule has 1 saturated heterocycles. The summed E-state index contributed by atoms with van der Waals surface area (Å²) in [5.41, 5.74) is 1.56. The molecule has 27 heavy (non-hydrogen) atoms. The molecule has 0 aliphatic carbocycles. The number of carbonyl (C=O) groups is 2. The predicted molar refractivity (Wildman–Crippen MR) is 107 cm³/mol. The van der Waals surface area contributed by atoms with Gasteiger partial charge in [0.25, 0.3) is 5.91 Å². The summed E-state index contributed by atoms with van der Waals surface area (Å²) in [5, 5.41) is 0. The Balaban J connectivity index is 1.93. The Morgan fingerprint density at radius 3 is 2.07 bits per heavy atom. The van der Waals surface area contributed by atoms with Crippen LogP contribution in [0, 0.1) is 5.41 Å². The first-order valence-corrected chi connectivity index (χ1v) is 9.49. The highest BCUT2D eigenvalue weighted by atomic mass is 16.2. The van der Waals surface area contributed by atoms with Crippen LogP contribution in [0.3, 0.4) is 0 Å².